The van der Waals surface area contributed by atoms with E-state index in [1.165, 1.54) is 11.6 Å². The maximum absolute atomic E-state index is 13.6. The van der Waals surface area contributed by atoms with Gasteiger partial charge in [0.05, 0.1) is 11.1 Å². The number of hydrazine groups is 1. The van der Waals surface area contributed by atoms with Crippen molar-refractivity contribution < 1.29 is 4.39 Å². The molecule has 0 bridgehead atoms. The Bertz CT molecular complexity index is 599. The number of nitrogens with two attached hydrogens (primary N) is 1. The minimum absolute atomic E-state index is 0.111. The van der Waals surface area contributed by atoms with Crippen molar-refractivity contribution in [3.63, 3.8) is 0 Å². The molecule has 2 aromatic rings. The Kier molecular flexibility index (Phi) is 4.20. The molecule has 19 heavy (non-hydrogen) atoms. The minimum atomic E-state index is -0.441. The van der Waals surface area contributed by atoms with Gasteiger partial charge in [-0.2, -0.15) is 0 Å². The lowest BCUT2D eigenvalue weighted by Crippen LogP contribution is -2.29. The maximum Gasteiger partial charge on any atom is 0.142 e. The highest BCUT2D eigenvalue weighted by Gasteiger charge is 2.16. The summed E-state index contributed by atoms with van der Waals surface area (Å²) < 4.78 is 13.6. The molecular formula is C15H16ClFN2. The predicted molar refractivity (Wildman–Crippen MR) is 76.5 cm³/mol. The highest BCUT2D eigenvalue weighted by molar-refractivity contribution is 6.30. The van der Waals surface area contributed by atoms with Gasteiger partial charge in [-0.15, -0.1) is 0 Å². The Labute approximate surface area is 117 Å². The largest absolute Gasteiger partial charge is 0.271 e. The summed E-state index contributed by atoms with van der Waals surface area (Å²) in [5.41, 5.74) is 6.79. The summed E-state index contributed by atoms with van der Waals surface area (Å²) in [5, 5.41) is 0.111. The van der Waals surface area contributed by atoms with Gasteiger partial charge >= 0.3 is 0 Å². The van der Waals surface area contributed by atoms with Crippen molar-refractivity contribution in [3.8, 4) is 0 Å². The molecule has 2 rings (SSSR count). The second-order valence-electron chi connectivity index (χ2n) is 4.63. The molecule has 1 unspecified atom stereocenters. The van der Waals surface area contributed by atoms with E-state index in [0.717, 1.165) is 16.7 Å². The molecule has 0 saturated heterocycles. The quantitative estimate of drug-likeness (QED) is 0.664. The Morgan fingerprint density at radius 2 is 1.89 bits per heavy atom. The Hall–Kier alpha value is -1.42. The van der Waals surface area contributed by atoms with Crippen LogP contribution in [0.3, 0.4) is 0 Å². The van der Waals surface area contributed by atoms with Crippen molar-refractivity contribution >= 4 is 11.6 Å². The van der Waals surface area contributed by atoms with E-state index in [1.807, 2.05) is 26.0 Å². The van der Waals surface area contributed by atoms with Crippen LogP contribution < -0.4 is 11.3 Å². The number of hydrogen-bond donors (Lipinski definition) is 2. The Morgan fingerprint density at radius 3 is 2.47 bits per heavy atom. The normalized spacial score (nSPS) is 12.5. The molecule has 3 N–H and O–H groups in total. The van der Waals surface area contributed by atoms with Crippen LogP contribution in [-0.4, -0.2) is 0 Å². The molecule has 0 saturated carbocycles. The van der Waals surface area contributed by atoms with E-state index in [2.05, 4.69) is 11.5 Å². The van der Waals surface area contributed by atoms with Crippen molar-refractivity contribution in [2.24, 2.45) is 5.84 Å². The van der Waals surface area contributed by atoms with Crippen molar-refractivity contribution in [2.45, 2.75) is 19.9 Å². The monoisotopic (exact) mass is 278 g/mol. The van der Waals surface area contributed by atoms with E-state index < -0.39 is 5.82 Å². The minimum Gasteiger partial charge on any atom is -0.271 e. The molecule has 100 valence electrons. The maximum atomic E-state index is 13.6. The predicted octanol–water partition coefficient (Wildman–Crippen LogP) is 3.65. The zero-order chi connectivity index (χ0) is 14.0. The smallest absolute Gasteiger partial charge is 0.142 e. The molecule has 0 heterocycles. The molecule has 0 radical (unpaired) electrons. The molecule has 0 aliphatic heterocycles. The SMILES string of the molecule is Cc1ccc(C(NN)c2ccc(Cl)c(F)c2)c(C)c1. The van der Waals surface area contributed by atoms with Crippen LogP contribution in [0.15, 0.2) is 36.4 Å². The van der Waals surface area contributed by atoms with Gasteiger partial charge in [0.1, 0.15) is 5.82 Å². The summed E-state index contributed by atoms with van der Waals surface area (Å²) in [5.74, 6) is 5.19. The lowest BCUT2D eigenvalue weighted by atomic mass is 9.94. The van der Waals surface area contributed by atoms with Crippen LogP contribution in [0.2, 0.25) is 5.02 Å². The van der Waals surface area contributed by atoms with Crippen molar-refractivity contribution in [1.29, 1.82) is 0 Å². The number of rotatable bonds is 3. The molecule has 0 spiro atoms. The number of aryl methyl sites for hydroxylation is 2. The Morgan fingerprint density at radius 1 is 1.16 bits per heavy atom. The van der Waals surface area contributed by atoms with Gasteiger partial charge < -0.3 is 0 Å². The second kappa shape index (κ2) is 5.70. The van der Waals surface area contributed by atoms with Crippen LogP contribution in [-0.2, 0) is 0 Å². The highest BCUT2D eigenvalue weighted by atomic mass is 35.5. The van der Waals surface area contributed by atoms with Crippen molar-refractivity contribution in [1.82, 2.24) is 5.43 Å². The standard InChI is InChI=1S/C15H16ClFN2/c1-9-3-5-12(10(2)7-9)15(19-18)11-4-6-13(16)14(17)8-11/h3-8,15,19H,18H2,1-2H3. The Balaban J connectivity index is 2.46. The second-order valence-corrected chi connectivity index (χ2v) is 5.04. The van der Waals surface area contributed by atoms with Gasteiger partial charge in [-0.25, -0.2) is 9.82 Å². The van der Waals surface area contributed by atoms with Gasteiger partial charge in [0.2, 0.25) is 0 Å². The molecule has 0 fully saturated rings. The summed E-state index contributed by atoms with van der Waals surface area (Å²) >= 11 is 5.70. The average Bonchev–Trinajstić information content (AvgIpc) is 2.37. The van der Waals surface area contributed by atoms with Crippen LogP contribution in [0, 0.1) is 19.7 Å². The van der Waals surface area contributed by atoms with E-state index >= 15 is 0 Å². The van der Waals surface area contributed by atoms with Crippen molar-refractivity contribution in [2.75, 3.05) is 0 Å². The lowest BCUT2D eigenvalue weighted by molar-refractivity contribution is 0.604. The van der Waals surface area contributed by atoms with Crippen LogP contribution in [0.4, 0.5) is 4.39 Å². The van der Waals surface area contributed by atoms with Gasteiger partial charge in [-0.05, 0) is 42.7 Å². The molecule has 0 aromatic heterocycles. The molecule has 4 heteroatoms. The number of hydrogen-bond acceptors (Lipinski definition) is 2. The topological polar surface area (TPSA) is 38.0 Å². The first-order valence-electron chi connectivity index (χ1n) is 6.01. The first kappa shape index (κ1) is 14.0. The molecule has 2 nitrogen and oxygen atoms in total. The molecule has 2 aromatic carbocycles. The molecule has 0 aliphatic rings. The number of halogens is 2. The van der Waals surface area contributed by atoms with E-state index in [4.69, 9.17) is 17.4 Å². The van der Waals surface area contributed by atoms with Gasteiger partial charge in [-0.3, -0.25) is 5.84 Å². The van der Waals surface area contributed by atoms with Crippen LogP contribution in [0.25, 0.3) is 0 Å². The highest BCUT2D eigenvalue weighted by Crippen LogP contribution is 2.27. The van der Waals surface area contributed by atoms with E-state index in [0.29, 0.717) is 0 Å². The average molecular weight is 279 g/mol. The van der Waals surface area contributed by atoms with Gasteiger partial charge in [-0.1, -0.05) is 41.4 Å². The number of nitrogens with one attached hydrogen (secondary N) is 1. The molecule has 1 atom stereocenters. The summed E-state index contributed by atoms with van der Waals surface area (Å²) in [4.78, 5) is 0. The summed E-state index contributed by atoms with van der Waals surface area (Å²) in [7, 11) is 0. The fraction of sp³-hybridized carbons (Fsp3) is 0.200. The van der Waals surface area contributed by atoms with E-state index in [9.17, 15) is 4.39 Å². The fourth-order valence-corrected chi connectivity index (χ4v) is 2.32. The molecule has 0 aliphatic carbocycles. The summed E-state index contributed by atoms with van der Waals surface area (Å²) in [6.07, 6.45) is 0. The number of benzene rings is 2. The first-order valence-corrected chi connectivity index (χ1v) is 6.39. The molecule has 0 amide bonds. The van der Waals surface area contributed by atoms with Crippen molar-refractivity contribution in [3.05, 3.63) is 69.5 Å². The zero-order valence-corrected chi connectivity index (χ0v) is 11.6. The zero-order valence-electron chi connectivity index (χ0n) is 10.9. The third-order valence-corrected chi connectivity index (χ3v) is 3.49. The third-order valence-electron chi connectivity index (χ3n) is 3.18. The van der Waals surface area contributed by atoms with Gasteiger partial charge in [0.15, 0.2) is 0 Å². The van der Waals surface area contributed by atoms with Crippen LogP contribution in [0.5, 0.6) is 0 Å². The van der Waals surface area contributed by atoms with Gasteiger partial charge in [0, 0.05) is 0 Å². The van der Waals surface area contributed by atoms with E-state index in [1.54, 1.807) is 12.1 Å². The van der Waals surface area contributed by atoms with E-state index in [-0.39, 0.29) is 11.1 Å². The summed E-state index contributed by atoms with van der Waals surface area (Å²) in [6.45, 7) is 4.04. The summed E-state index contributed by atoms with van der Waals surface area (Å²) in [6, 6.07) is 10.6. The molecular weight excluding hydrogens is 263 g/mol. The third kappa shape index (κ3) is 2.95. The first-order chi connectivity index (χ1) is 9.02. The fourth-order valence-electron chi connectivity index (χ4n) is 2.21. The van der Waals surface area contributed by atoms with Crippen LogP contribution >= 0.6 is 11.6 Å². The lowest BCUT2D eigenvalue weighted by Gasteiger charge is -2.19. The van der Waals surface area contributed by atoms with Crippen LogP contribution in [0.1, 0.15) is 28.3 Å². The van der Waals surface area contributed by atoms with Gasteiger partial charge in [0.25, 0.3) is 0 Å².